The molecule has 83 heavy (non-hydrogen) atoms. The standard InChI is InChI=1S/C77H76B2N2O2/c1-42(2)43-18-20-44(21-19-43)46-24-32-63-57(34-46)78-59-40-51(76(12,13)14)38-55-53-36-49(74(6,7)8)28-30-61(53)80(67(55)59)69-65(78)71(82-63)70-66-72(69)83-64-33-25-47(45-22-26-48(27-23-45)73(3,4)5)35-58(64)79(66)60-41-52(77(15,16)17)39-56-54-37-50(75(9,10)11)29-31-62(54)81(70)68(56)60/h18-42H,1-17H3. The van der Waals surface area contributed by atoms with Gasteiger partial charge in [0.25, 0.3) is 13.4 Å². The predicted molar refractivity (Wildman–Crippen MR) is 356 cm³/mol. The zero-order valence-corrected chi connectivity index (χ0v) is 51.8. The van der Waals surface area contributed by atoms with Crippen LogP contribution in [-0.2, 0) is 27.1 Å². The molecule has 2 aromatic heterocycles. The van der Waals surface area contributed by atoms with E-state index in [9.17, 15) is 0 Å². The first-order chi connectivity index (χ1) is 39.1. The van der Waals surface area contributed by atoms with E-state index in [1.54, 1.807) is 0 Å². The van der Waals surface area contributed by atoms with Gasteiger partial charge in [0.1, 0.15) is 23.0 Å². The van der Waals surface area contributed by atoms with Gasteiger partial charge in [-0.1, -0.05) is 215 Å². The number of aromatic nitrogens is 2. The minimum absolute atomic E-state index is 0.0454. The van der Waals surface area contributed by atoms with Crippen LogP contribution in [0.15, 0.2) is 146 Å². The molecule has 0 fully saturated rings. The molecule has 412 valence electrons. The predicted octanol–water partition coefficient (Wildman–Crippen LogP) is 16.7. The van der Waals surface area contributed by atoms with E-state index in [4.69, 9.17) is 9.47 Å². The Morgan fingerprint density at radius 1 is 0.337 bits per heavy atom. The van der Waals surface area contributed by atoms with Gasteiger partial charge in [-0.2, -0.15) is 0 Å². The van der Waals surface area contributed by atoms with Crippen LogP contribution in [-0.4, -0.2) is 22.6 Å². The number of hydrogen-bond acceptors (Lipinski definition) is 2. The van der Waals surface area contributed by atoms with Crippen LogP contribution in [0.2, 0.25) is 0 Å². The molecule has 0 saturated carbocycles. The van der Waals surface area contributed by atoms with Gasteiger partial charge in [0.05, 0.1) is 22.4 Å². The van der Waals surface area contributed by atoms with Crippen LogP contribution >= 0.6 is 0 Å². The maximum absolute atomic E-state index is 7.95. The summed E-state index contributed by atoms with van der Waals surface area (Å²) in [5.74, 6) is 4.06. The van der Waals surface area contributed by atoms with Crippen LogP contribution in [0.4, 0.5) is 0 Å². The van der Waals surface area contributed by atoms with E-state index < -0.39 is 0 Å². The first kappa shape index (κ1) is 52.1. The molecule has 0 spiro atoms. The van der Waals surface area contributed by atoms with Crippen molar-refractivity contribution in [2.75, 3.05) is 0 Å². The lowest BCUT2D eigenvalue weighted by atomic mass is 9.31. The average molecular weight is 1080 g/mol. The smallest absolute Gasteiger partial charge is 0.256 e. The van der Waals surface area contributed by atoms with Crippen LogP contribution in [0.1, 0.15) is 157 Å². The van der Waals surface area contributed by atoms with Gasteiger partial charge in [-0.3, -0.25) is 0 Å². The summed E-state index contributed by atoms with van der Waals surface area (Å²) in [5, 5.41) is 5.09. The number of ether oxygens (including phenoxy) is 2. The molecule has 0 aliphatic carbocycles. The van der Waals surface area contributed by atoms with E-state index in [1.165, 1.54) is 121 Å². The quantitative estimate of drug-likeness (QED) is 0.165. The van der Waals surface area contributed by atoms with Crippen LogP contribution in [0.25, 0.3) is 77.2 Å². The Balaban J connectivity index is 1.12. The molecule has 4 aliphatic heterocycles. The molecular weight excluding hydrogens is 1010 g/mol. The zero-order chi connectivity index (χ0) is 58.1. The van der Waals surface area contributed by atoms with E-state index in [1.807, 2.05) is 0 Å². The normalized spacial score (nSPS) is 14.3. The van der Waals surface area contributed by atoms with Crippen molar-refractivity contribution in [3.8, 4) is 56.6 Å². The fourth-order valence-electron chi connectivity index (χ4n) is 14.5. The Labute approximate surface area is 492 Å². The van der Waals surface area contributed by atoms with Crippen LogP contribution in [0.5, 0.6) is 23.0 Å². The Kier molecular flexibility index (Phi) is 10.7. The number of rotatable bonds is 3. The molecular formula is C77H76B2N2O2. The molecule has 11 aromatic rings. The second-order valence-electron chi connectivity index (χ2n) is 30.4. The lowest BCUT2D eigenvalue weighted by molar-refractivity contribution is 0.472. The van der Waals surface area contributed by atoms with Crippen molar-refractivity contribution in [1.82, 2.24) is 9.13 Å². The van der Waals surface area contributed by atoms with Crippen molar-refractivity contribution in [2.24, 2.45) is 0 Å². The fourth-order valence-corrected chi connectivity index (χ4v) is 14.5. The molecule has 0 saturated heterocycles. The Morgan fingerprint density at radius 3 is 1.06 bits per heavy atom. The molecule has 4 nitrogen and oxygen atoms in total. The highest BCUT2D eigenvalue weighted by Crippen LogP contribution is 2.50. The van der Waals surface area contributed by atoms with Crippen molar-refractivity contribution >= 4 is 89.8 Å². The highest BCUT2D eigenvalue weighted by molar-refractivity contribution is 7.02. The lowest BCUT2D eigenvalue weighted by Gasteiger charge is -2.41. The number of nitrogens with zero attached hydrogens (tertiary/aromatic N) is 2. The summed E-state index contributed by atoms with van der Waals surface area (Å²) in [4.78, 5) is 0. The Bertz CT molecular complexity index is 4650. The van der Waals surface area contributed by atoms with Gasteiger partial charge in [0.2, 0.25) is 0 Å². The van der Waals surface area contributed by atoms with Crippen molar-refractivity contribution in [1.29, 1.82) is 0 Å². The highest BCUT2D eigenvalue weighted by Gasteiger charge is 2.51. The van der Waals surface area contributed by atoms with Gasteiger partial charge in [0.15, 0.2) is 0 Å². The lowest BCUT2D eigenvalue weighted by Crippen LogP contribution is -2.63. The summed E-state index contributed by atoms with van der Waals surface area (Å²) >= 11 is 0. The zero-order valence-electron chi connectivity index (χ0n) is 51.8. The van der Waals surface area contributed by atoms with Crippen LogP contribution in [0.3, 0.4) is 0 Å². The second-order valence-corrected chi connectivity index (χ2v) is 30.4. The monoisotopic (exact) mass is 1080 g/mol. The largest absolute Gasteiger partial charge is 0.456 e. The topological polar surface area (TPSA) is 28.3 Å². The van der Waals surface area contributed by atoms with E-state index in [-0.39, 0.29) is 40.5 Å². The molecule has 15 rings (SSSR count). The molecule has 0 bridgehead atoms. The van der Waals surface area contributed by atoms with E-state index in [2.05, 4.69) is 272 Å². The van der Waals surface area contributed by atoms with E-state index >= 15 is 0 Å². The number of fused-ring (bicyclic) bond motifs is 16. The Morgan fingerprint density at radius 2 is 0.687 bits per heavy atom. The van der Waals surface area contributed by atoms with Crippen molar-refractivity contribution in [3.05, 3.63) is 179 Å². The van der Waals surface area contributed by atoms with Crippen LogP contribution in [0, 0.1) is 0 Å². The number of benzene rings is 9. The minimum atomic E-state index is -0.197. The van der Waals surface area contributed by atoms with Gasteiger partial charge < -0.3 is 18.6 Å². The maximum atomic E-state index is 7.95. The third-order valence-electron chi connectivity index (χ3n) is 19.4. The minimum Gasteiger partial charge on any atom is -0.456 e. The van der Waals surface area contributed by atoms with Crippen LogP contribution < -0.4 is 42.3 Å². The molecule has 6 heteroatoms. The van der Waals surface area contributed by atoms with Gasteiger partial charge in [0, 0.05) is 43.5 Å². The van der Waals surface area contributed by atoms with Crippen molar-refractivity contribution in [2.45, 2.75) is 151 Å². The fraction of sp³-hybridized carbons (Fsp3) is 0.299. The third kappa shape index (κ3) is 7.59. The molecule has 0 unspecified atom stereocenters. The first-order valence-corrected chi connectivity index (χ1v) is 30.5. The molecule has 6 heterocycles. The summed E-state index contributed by atoms with van der Waals surface area (Å²) in [6, 6.07) is 57.1. The first-order valence-electron chi connectivity index (χ1n) is 30.5. The molecule has 0 amide bonds. The highest BCUT2D eigenvalue weighted by atomic mass is 16.5. The van der Waals surface area contributed by atoms with Gasteiger partial charge in [-0.05, 0) is 159 Å². The maximum Gasteiger partial charge on any atom is 0.256 e. The Hall–Kier alpha value is -7.69. The van der Waals surface area contributed by atoms with Gasteiger partial charge in [-0.15, -0.1) is 0 Å². The van der Waals surface area contributed by atoms with Crippen molar-refractivity contribution in [3.63, 3.8) is 0 Å². The molecule has 0 atom stereocenters. The second kappa shape index (κ2) is 17.0. The summed E-state index contributed by atoms with van der Waals surface area (Å²) in [6.45, 7) is 39.3. The summed E-state index contributed by atoms with van der Waals surface area (Å²) < 4.78 is 21.1. The van der Waals surface area contributed by atoms with E-state index in [0.29, 0.717) is 5.92 Å². The molecule has 4 aliphatic rings. The summed E-state index contributed by atoms with van der Waals surface area (Å²) in [5.41, 5.74) is 26.6. The van der Waals surface area contributed by atoms with Gasteiger partial charge in [-0.25, -0.2) is 0 Å². The summed E-state index contributed by atoms with van der Waals surface area (Å²) in [7, 11) is 0. The van der Waals surface area contributed by atoms with Crippen molar-refractivity contribution < 1.29 is 9.47 Å². The molecule has 0 radical (unpaired) electrons. The molecule has 0 N–H and O–H groups in total. The third-order valence-corrected chi connectivity index (χ3v) is 19.4. The van der Waals surface area contributed by atoms with Gasteiger partial charge >= 0.3 is 0 Å². The number of hydrogen-bond donors (Lipinski definition) is 0. The SMILES string of the molecule is CC(C)c1ccc(-c2ccc3c(c2)B2c4c(c5c6c(c4-n4c7ccc(C(C)(C)C)cc7c7cc(C(C)(C)C)cc2c74)Oc2ccc(-c4ccc(C(C)(C)C)cc4)cc2B6c2cc(C(C)(C)C)cc4c6cc(C(C)(C)C)ccc6n-5c24)O3)cc1. The van der Waals surface area contributed by atoms with E-state index in [0.717, 1.165) is 45.3 Å². The average Bonchev–Trinajstić information content (AvgIpc) is 2.90. The summed E-state index contributed by atoms with van der Waals surface area (Å²) in [6.07, 6.45) is 0. The molecule has 9 aromatic carbocycles.